The zero-order chi connectivity index (χ0) is 24.5. The van der Waals surface area contributed by atoms with E-state index in [1.54, 1.807) is 12.1 Å². The van der Waals surface area contributed by atoms with Crippen LogP contribution in [0.5, 0.6) is 0 Å². The topological polar surface area (TPSA) is 29.5 Å². The lowest BCUT2D eigenvalue weighted by Crippen LogP contribution is -2.55. The Morgan fingerprint density at radius 1 is 1.00 bits per heavy atom. The van der Waals surface area contributed by atoms with Gasteiger partial charge in [0.1, 0.15) is 5.82 Å². The van der Waals surface area contributed by atoms with Crippen LogP contribution in [0.3, 0.4) is 0 Å². The number of anilines is 1. The fourth-order valence-electron chi connectivity index (χ4n) is 4.49. The van der Waals surface area contributed by atoms with Crippen LogP contribution in [0.4, 0.5) is 10.1 Å². The van der Waals surface area contributed by atoms with E-state index in [0.29, 0.717) is 12.8 Å². The summed E-state index contributed by atoms with van der Waals surface area (Å²) in [7, 11) is -1.85. The zero-order valence-corrected chi connectivity index (χ0v) is 24.2. The van der Waals surface area contributed by atoms with Crippen molar-refractivity contribution >= 4 is 58.4 Å². The molecule has 1 amide bonds. The minimum absolute atomic E-state index is 0.0265. The molecule has 0 N–H and O–H groups in total. The van der Waals surface area contributed by atoms with Crippen LogP contribution in [0.25, 0.3) is 0 Å². The van der Waals surface area contributed by atoms with Crippen molar-refractivity contribution in [3.05, 3.63) is 97.8 Å². The summed E-state index contributed by atoms with van der Waals surface area (Å²) in [6.45, 7) is 6.46. The van der Waals surface area contributed by atoms with Gasteiger partial charge in [-0.3, -0.25) is 4.79 Å². The van der Waals surface area contributed by atoms with E-state index in [4.69, 9.17) is 4.43 Å². The summed E-state index contributed by atoms with van der Waals surface area (Å²) in [5.41, 5.74) is 3.00. The molecule has 0 saturated carbocycles. The number of halogens is 3. The van der Waals surface area contributed by atoms with Crippen LogP contribution < -0.4 is 4.90 Å². The standard InChI is InChI=1S/C27H28BrFINO2Si/c1-34(2,3)33-25(18-6-10-21(29)11-7-18)17-16-24-26(19-4-8-20(28)9-5-19)31(27(24)32)23-14-12-22(30)13-15-23/h4-15,24-26H,16-17H2,1-3H3/t24-,25+,26-/m1/s1. The maximum atomic E-state index is 13.5. The van der Waals surface area contributed by atoms with Crippen molar-refractivity contribution in [3.8, 4) is 0 Å². The summed E-state index contributed by atoms with van der Waals surface area (Å²) in [6, 6.07) is 22.8. The van der Waals surface area contributed by atoms with Crippen LogP contribution in [-0.4, -0.2) is 14.2 Å². The lowest BCUT2D eigenvalue weighted by Gasteiger charge is -2.48. The molecule has 7 heteroatoms. The quantitative estimate of drug-likeness (QED) is 0.139. The Balaban J connectivity index is 1.59. The Labute approximate surface area is 224 Å². The van der Waals surface area contributed by atoms with Gasteiger partial charge >= 0.3 is 0 Å². The van der Waals surface area contributed by atoms with Gasteiger partial charge in [-0.05, 0) is 115 Å². The highest BCUT2D eigenvalue weighted by atomic mass is 127. The molecule has 0 aliphatic carbocycles. The zero-order valence-electron chi connectivity index (χ0n) is 19.5. The second-order valence-electron chi connectivity index (χ2n) is 9.64. The monoisotopic (exact) mass is 651 g/mol. The first kappa shape index (κ1) is 25.5. The van der Waals surface area contributed by atoms with Gasteiger partial charge in [0.05, 0.1) is 18.1 Å². The number of hydrogen-bond donors (Lipinski definition) is 0. The minimum Gasteiger partial charge on any atom is -0.411 e. The SMILES string of the molecule is C[Si](C)(C)O[C@@H](CC[C@H]1C(=O)N(c2ccc(I)cc2)[C@@H]1c1ccc(Br)cc1)c1ccc(F)cc1. The van der Waals surface area contributed by atoms with Gasteiger partial charge in [0.15, 0.2) is 8.32 Å². The van der Waals surface area contributed by atoms with Crippen molar-refractivity contribution in [3.63, 3.8) is 0 Å². The number of β-lactam (4-membered cyclic amide) rings is 1. The van der Waals surface area contributed by atoms with Crippen molar-refractivity contribution in [2.24, 2.45) is 5.92 Å². The number of benzene rings is 3. The molecule has 3 atom stereocenters. The average Bonchev–Trinajstić information content (AvgIpc) is 2.78. The van der Waals surface area contributed by atoms with Crippen molar-refractivity contribution in [1.29, 1.82) is 0 Å². The third-order valence-electron chi connectivity index (χ3n) is 6.01. The van der Waals surface area contributed by atoms with E-state index >= 15 is 0 Å². The molecular formula is C27H28BrFINO2Si. The van der Waals surface area contributed by atoms with E-state index in [2.05, 4.69) is 70.3 Å². The molecule has 4 rings (SSSR count). The summed E-state index contributed by atoms with van der Waals surface area (Å²) in [5, 5.41) is 0. The van der Waals surface area contributed by atoms with Gasteiger partial charge in [0, 0.05) is 13.7 Å². The van der Waals surface area contributed by atoms with Crippen LogP contribution in [-0.2, 0) is 9.22 Å². The average molecular weight is 652 g/mol. The molecule has 1 fully saturated rings. The smallest absolute Gasteiger partial charge is 0.233 e. The molecule has 1 aliphatic rings. The van der Waals surface area contributed by atoms with Crippen LogP contribution in [0.1, 0.15) is 36.1 Å². The number of amides is 1. The number of rotatable bonds is 8. The molecule has 0 aromatic heterocycles. The fraction of sp³-hybridized carbons (Fsp3) is 0.296. The minimum atomic E-state index is -1.85. The van der Waals surface area contributed by atoms with E-state index in [1.165, 1.54) is 12.1 Å². The van der Waals surface area contributed by atoms with Crippen molar-refractivity contribution in [2.45, 2.75) is 44.6 Å². The summed E-state index contributed by atoms with van der Waals surface area (Å²) in [6.07, 6.45) is 1.25. The third-order valence-corrected chi connectivity index (χ3v) is 8.25. The maximum absolute atomic E-state index is 13.5. The van der Waals surface area contributed by atoms with E-state index < -0.39 is 8.32 Å². The van der Waals surface area contributed by atoms with Gasteiger partial charge in [-0.15, -0.1) is 0 Å². The lowest BCUT2D eigenvalue weighted by atomic mass is 9.78. The molecule has 1 aliphatic heterocycles. The molecule has 1 heterocycles. The fourth-order valence-corrected chi connectivity index (χ4v) is 6.22. The summed E-state index contributed by atoms with van der Waals surface area (Å²) in [4.78, 5) is 15.3. The second kappa shape index (κ2) is 10.6. The normalized spacial score (nSPS) is 19.1. The maximum Gasteiger partial charge on any atom is 0.233 e. The molecule has 3 aromatic carbocycles. The molecule has 0 unspecified atom stereocenters. The van der Waals surface area contributed by atoms with Crippen LogP contribution in [0.15, 0.2) is 77.3 Å². The van der Waals surface area contributed by atoms with E-state index in [1.807, 2.05) is 41.3 Å². The van der Waals surface area contributed by atoms with Gasteiger partial charge < -0.3 is 9.33 Å². The van der Waals surface area contributed by atoms with Crippen molar-refractivity contribution < 1.29 is 13.6 Å². The highest BCUT2D eigenvalue weighted by Gasteiger charge is 2.48. The molecule has 1 saturated heterocycles. The Morgan fingerprint density at radius 3 is 2.21 bits per heavy atom. The predicted octanol–water partition coefficient (Wildman–Crippen LogP) is 8.27. The molecular weight excluding hydrogens is 624 g/mol. The first-order chi connectivity index (χ1) is 16.1. The molecule has 34 heavy (non-hydrogen) atoms. The third kappa shape index (κ3) is 5.98. The largest absolute Gasteiger partial charge is 0.411 e. The Bertz CT molecular complexity index is 1130. The Hall–Kier alpha value is -1.55. The summed E-state index contributed by atoms with van der Waals surface area (Å²) < 4.78 is 22.2. The van der Waals surface area contributed by atoms with Gasteiger partial charge in [0.25, 0.3) is 0 Å². The van der Waals surface area contributed by atoms with Crippen molar-refractivity contribution in [1.82, 2.24) is 0 Å². The molecule has 3 aromatic rings. The van der Waals surface area contributed by atoms with Crippen LogP contribution in [0, 0.1) is 15.3 Å². The van der Waals surface area contributed by atoms with Crippen LogP contribution >= 0.6 is 38.5 Å². The van der Waals surface area contributed by atoms with E-state index in [9.17, 15) is 9.18 Å². The molecule has 0 bridgehead atoms. The van der Waals surface area contributed by atoms with Crippen LogP contribution in [0.2, 0.25) is 19.6 Å². The number of nitrogens with zero attached hydrogens (tertiary/aromatic N) is 1. The first-order valence-corrected chi connectivity index (χ1v) is 16.7. The summed E-state index contributed by atoms with van der Waals surface area (Å²) >= 11 is 5.79. The highest BCUT2D eigenvalue weighted by molar-refractivity contribution is 14.1. The molecule has 178 valence electrons. The Kier molecular flexibility index (Phi) is 7.96. The molecule has 3 nitrogen and oxygen atoms in total. The van der Waals surface area contributed by atoms with E-state index in [-0.39, 0.29) is 29.8 Å². The van der Waals surface area contributed by atoms with Gasteiger partial charge in [0.2, 0.25) is 5.91 Å². The van der Waals surface area contributed by atoms with Gasteiger partial charge in [-0.25, -0.2) is 4.39 Å². The second-order valence-corrected chi connectivity index (χ2v) is 16.3. The van der Waals surface area contributed by atoms with Gasteiger partial charge in [-0.1, -0.05) is 40.2 Å². The van der Waals surface area contributed by atoms with E-state index in [0.717, 1.165) is 24.9 Å². The first-order valence-electron chi connectivity index (χ1n) is 11.4. The number of hydrogen-bond acceptors (Lipinski definition) is 2. The Morgan fingerprint density at radius 2 is 1.62 bits per heavy atom. The number of carbonyl (C=O) groups excluding carboxylic acids is 1. The molecule has 0 spiro atoms. The number of carbonyl (C=O) groups is 1. The lowest BCUT2D eigenvalue weighted by molar-refractivity contribution is -0.131. The summed E-state index contributed by atoms with van der Waals surface area (Å²) in [5.74, 6) is -0.248. The molecule has 0 radical (unpaired) electrons. The van der Waals surface area contributed by atoms with Gasteiger partial charge in [-0.2, -0.15) is 0 Å². The highest BCUT2D eigenvalue weighted by Crippen LogP contribution is 2.47. The van der Waals surface area contributed by atoms with Crippen molar-refractivity contribution in [2.75, 3.05) is 4.90 Å². The predicted molar refractivity (Wildman–Crippen MR) is 150 cm³/mol.